The van der Waals surface area contributed by atoms with Crippen LogP contribution in [0.1, 0.15) is 50.7 Å². The van der Waals surface area contributed by atoms with Gasteiger partial charge in [0, 0.05) is 24.0 Å². The molecule has 0 bridgehead atoms. The zero-order chi connectivity index (χ0) is 12.3. The minimum atomic E-state index is 0.554. The molecular formula is C14H26N2. The second kappa shape index (κ2) is 5.53. The minimum Gasteiger partial charge on any atom is -0.346 e. The van der Waals surface area contributed by atoms with Gasteiger partial charge in [0.05, 0.1) is 0 Å². The molecule has 0 aliphatic carbocycles. The Morgan fingerprint density at radius 1 is 1.19 bits per heavy atom. The summed E-state index contributed by atoms with van der Waals surface area (Å²) < 4.78 is 2.41. The quantitative estimate of drug-likeness (QED) is 0.807. The maximum atomic E-state index is 3.51. The van der Waals surface area contributed by atoms with Crippen LogP contribution in [0.15, 0.2) is 6.07 Å². The summed E-state index contributed by atoms with van der Waals surface area (Å²) in [6, 6.07) is 2.86. The van der Waals surface area contributed by atoms with E-state index in [4.69, 9.17) is 0 Å². The molecule has 0 unspecified atom stereocenters. The van der Waals surface area contributed by atoms with E-state index in [-0.39, 0.29) is 0 Å². The molecular weight excluding hydrogens is 196 g/mol. The second-order valence-electron chi connectivity index (χ2n) is 5.38. The van der Waals surface area contributed by atoms with Crippen molar-refractivity contribution in [1.82, 2.24) is 9.88 Å². The van der Waals surface area contributed by atoms with Crippen LogP contribution < -0.4 is 5.32 Å². The molecule has 0 saturated carbocycles. The van der Waals surface area contributed by atoms with E-state index in [2.05, 4.69) is 57.5 Å². The molecule has 0 saturated heterocycles. The Morgan fingerprint density at radius 2 is 1.81 bits per heavy atom. The molecule has 0 radical (unpaired) electrons. The molecule has 1 aromatic heterocycles. The number of rotatable bonds is 5. The van der Waals surface area contributed by atoms with Gasteiger partial charge in [0.15, 0.2) is 0 Å². The average Bonchev–Trinajstić information content (AvgIpc) is 2.41. The van der Waals surface area contributed by atoms with Gasteiger partial charge >= 0.3 is 0 Å². The van der Waals surface area contributed by atoms with Crippen molar-refractivity contribution in [2.45, 2.75) is 54.1 Å². The van der Waals surface area contributed by atoms with Gasteiger partial charge in [-0.25, -0.2) is 0 Å². The van der Waals surface area contributed by atoms with Crippen molar-refractivity contribution in [2.24, 2.45) is 5.92 Å². The first kappa shape index (κ1) is 13.3. The van der Waals surface area contributed by atoms with Gasteiger partial charge in [-0.2, -0.15) is 0 Å². The summed E-state index contributed by atoms with van der Waals surface area (Å²) in [6.07, 6.45) is 0. The fourth-order valence-corrected chi connectivity index (χ4v) is 2.31. The normalized spacial score (nSPS) is 11.8. The highest BCUT2D eigenvalue weighted by Crippen LogP contribution is 2.19. The van der Waals surface area contributed by atoms with Gasteiger partial charge in [-0.15, -0.1) is 0 Å². The minimum absolute atomic E-state index is 0.554. The van der Waals surface area contributed by atoms with Crippen molar-refractivity contribution >= 4 is 0 Å². The molecule has 0 atom stereocenters. The first-order chi connectivity index (χ1) is 7.43. The number of aryl methyl sites for hydroxylation is 1. The maximum absolute atomic E-state index is 3.51. The first-order valence-electron chi connectivity index (χ1n) is 6.31. The van der Waals surface area contributed by atoms with Crippen LogP contribution in [0.3, 0.4) is 0 Å². The van der Waals surface area contributed by atoms with Gasteiger partial charge in [-0.3, -0.25) is 0 Å². The molecule has 0 aliphatic rings. The standard InChI is InChI=1S/C14H26N2/c1-10(2)8-15-9-14-7-12(5)16(11(3)4)13(14)6/h7,10-11,15H,8-9H2,1-6H3. The topological polar surface area (TPSA) is 17.0 Å². The molecule has 0 aromatic carbocycles. The molecule has 2 heteroatoms. The third-order valence-corrected chi connectivity index (χ3v) is 2.97. The Kier molecular flexibility index (Phi) is 4.60. The number of nitrogens with zero attached hydrogens (tertiary/aromatic N) is 1. The molecule has 2 nitrogen and oxygen atoms in total. The SMILES string of the molecule is Cc1cc(CNCC(C)C)c(C)n1C(C)C. The maximum Gasteiger partial charge on any atom is 0.0279 e. The largest absolute Gasteiger partial charge is 0.346 e. The lowest BCUT2D eigenvalue weighted by molar-refractivity contribution is 0.545. The summed E-state index contributed by atoms with van der Waals surface area (Å²) in [5, 5.41) is 3.51. The Bertz CT molecular complexity index is 335. The monoisotopic (exact) mass is 222 g/mol. The van der Waals surface area contributed by atoms with Crippen LogP contribution >= 0.6 is 0 Å². The van der Waals surface area contributed by atoms with Crippen LogP contribution in [0.5, 0.6) is 0 Å². The lowest BCUT2D eigenvalue weighted by Gasteiger charge is -2.14. The van der Waals surface area contributed by atoms with E-state index >= 15 is 0 Å². The fraction of sp³-hybridized carbons (Fsp3) is 0.714. The van der Waals surface area contributed by atoms with Gasteiger partial charge in [0.25, 0.3) is 0 Å². The predicted molar refractivity (Wildman–Crippen MR) is 70.8 cm³/mol. The number of hydrogen-bond acceptors (Lipinski definition) is 1. The summed E-state index contributed by atoms with van der Waals surface area (Å²) in [7, 11) is 0. The van der Waals surface area contributed by atoms with Crippen LogP contribution in [0.25, 0.3) is 0 Å². The molecule has 1 rings (SSSR count). The summed E-state index contributed by atoms with van der Waals surface area (Å²) in [4.78, 5) is 0. The number of hydrogen-bond donors (Lipinski definition) is 1. The zero-order valence-corrected chi connectivity index (χ0v) is 11.6. The van der Waals surface area contributed by atoms with E-state index in [1.54, 1.807) is 0 Å². The molecule has 1 aromatic rings. The molecule has 0 amide bonds. The first-order valence-corrected chi connectivity index (χ1v) is 6.31. The highest BCUT2D eigenvalue weighted by Gasteiger charge is 2.10. The molecule has 1 N–H and O–H groups in total. The summed E-state index contributed by atoms with van der Waals surface area (Å²) in [6.45, 7) is 15.5. The van der Waals surface area contributed by atoms with E-state index in [0.717, 1.165) is 13.1 Å². The van der Waals surface area contributed by atoms with E-state index in [0.29, 0.717) is 12.0 Å². The third-order valence-electron chi connectivity index (χ3n) is 2.97. The van der Waals surface area contributed by atoms with Crippen molar-refractivity contribution in [3.8, 4) is 0 Å². The Labute approximate surface area is 100 Å². The zero-order valence-electron chi connectivity index (χ0n) is 11.6. The number of nitrogens with one attached hydrogen (secondary N) is 1. The van der Waals surface area contributed by atoms with Crippen molar-refractivity contribution in [2.75, 3.05) is 6.54 Å². The van der Waals surface area contributed by atoms with E-state index in [1.807, 2.05) is 0 Å². The van der Waals surface area contributed by atoms with Gasteiger partial charge in [0.2, 0.25) is 0 Å². The van der Waals surface area contributed by atoms with Gasteiger partial charge in [0.1, 0.15) is 0 Å². The highest BCUT2D eigenvalue weighted by atomic mass is 15.0. The molecule has 0 fully saturated rings. The number of aromatic nitrogens is 1. The lowest BCUT2D eigenvalue weighted by Crippen LogP contribution is -2.19. The summed E-state index contributed by atoms with van der Waals surface area (Å²) >= 11 is 0. The second-order valence-corrected chi connectivity index (χ2v) is 5.38. The van der Waals surface area contributed by atoms with Gasteiger partial charge < -0.3 is 9.88 Å². The van der Waals surface area contributed by atoms with E-state index < -0.39 is 0 Å². The molecule has 0 spiro atoms. The Morgan fingerprint density at radius 3 is 2.25 bits per heavy atom. The smallest absolute Gasteiger partial charge is 0.0279 e. The third kappa shape index (κ3) is 3.11. The average molecular weight is 222 g/mol. The van der Waals surface area contributed by atoms with Crippen molar-refractivity contribution < 1.29 is 0 Å². The lowest BCUT2D eigenvalue weighted by atomic mass is 10.2. The van der Waals surface area contributed by atoms with Gasteiger partial charge in [-0.1, -0.05) is 13.8 Å². The molecule has 16 heavy (non-hydrogen) atoms. The predicted octanol–water partition coefficient (Wildman–Crippen LogP) is 3.43. The van der Waals surface area contributed by atoms with Crippen LogP contribution in [-0.2, 0) is 6.54 Å². The summed E-state index contributed by atoms with van der Waals surface area (Å²) in [5.41, 5.74) is 4.21. The van der Waals surface area contributed by atoms with Crippen LogP contribution in [0.2, 0.25) is 0 Å². The van der Waals surface area contributed by atoms with Crippen LogP contribution in [-0.4, -0.2) is 11.1 Å². The van der Waals surface area contributed by atoms with Gasteiger partial charge in [-0.05, 0) is 51.8 Å². The Balaban J connectivity index is 2.71. The van der Waals surface area contributed by atoms with E-state index in [9.17, 15) is 0 Å². The van der Waals surface area contributed by atoms with Crippen LogP contribution in [0, 0.1) is 19.8 Å². The van der Waals surface area contributed by atoms with Crippen LogP contribution in [0.4, 0.5) is 0 Å². The molecule has 0 aliphatic heterocycles. The van der Waals surface area contributed by atoms with Crippen molar-refractivity contribution in [3.05, 3.63) is 23.0 Å². The van der Waals surface area contributed by atoms with Crippen molar-refractivity contribution in [3.63, 3.8) is 0 Å². The van der Waals surface area contributed by atoms with Crippen molar-refractivity contribution in [1.29, 1.82) is 0 Å². The Hall–Kier alpha value is -0.760. The highest BCUT2D eigenvalue weighted by molar-refractivity contribution is 5.27. The molecule has 92 valence electrons. The summed E-state index contributed by atoms with van der Waals surface area (Å²) in [5.74, 6) is 0.716. The fourth-order valence-electron chi connectivity index (χ4n) is 2.31. The van der Waals surface area contributed by atoms with E-state index in [1.165, 1.54) is 17.0 Å². The molecule has 1 heterocycles.